The minimum atomic E-state index is -0.347. The summed E-state index contributed by atoms with van der Waals surface area (Å²) < 4.78 is 4.65. The lowest BCUT2D eigenvalue weighted by Crippen LogP contribution is -2.35. The topological polar surface area (TPSA) is 54.5 Å². The zero-order valence-corrected chi connectivity index (χ0v) is 13.0. The van der Waals surface area contributed by atoms with Crippen LogP contribution in [0.1, 0.15) is 41.7 Å². The Kier molecular flexibility index (Phi) is 6.14. The Labute approximate surface area is 126 Å². The van der Waals surface area contributed by atoms with E-state index in [0.717, 1.165) is 31.4 Å². The maximum atomic E-state index is 11.3. The third-order valence-electron chi connectivity index (χ3n) is 4.14. The highest BCUT2D eigenvalue weighted by Crippen LogP contribution is 2.21. The van der Waals surface area contributed by atoms with E-state index in [4.69, 9.17) is 0 Å². The number of likely N-dealkylation sites (N-methyl/N-ethyl adjacent to an activating group) is 1. The van der Waals surface area contributed by atoms with Gasteiger partial charge in [0.05, 0.1) is 18.4 Å². The molecule has 5 nitrogen and oxygen atoms in total. The van der Waals surface area contributed by atoms with Crippen LogP contribution in [0.5, 0.6) is 0 Å². The van der Waals surface area contributed by atoms with Gasteiger partial charge in [0.1, 0.15) is 0 Å². The van der Waals surface area contributed by atoms with Crippen LogP contribution < -0.4 is 5.32 Å². The van der Waals surface area contributed by atoms with Gasteiger partial charge in [-0.25, -0.2) is 4.79 Å². The molecule has 5 heteroatoms. The van der Waals surface area contributed by atoms with Crippen LogP contribution in [0.4, 0.5) is 0 Å². The van der Waals surface area contributed by atoms with Gasteiger partial charge < -0.3 is 15.0 Å². The molecule has 0 radical (unpaired) electrons. The van der Waals surface area contributed by atoms with Crippen molar-refractivity contribution in [1.29, 1.82) is 0 Å². The number of esters is 1. The molecule has 1 fully saturated rings. The van der Waals surface area contributed by atoms with Gasteiger partial charge in [-0.3, -0.25) is 4.98 Å². The summed E-state index contributed by atoms with van der Waals surface area (Å²) in [7, 11) is 3.58. The van der Waals surface area contributed by atoms with Crippen LogP contribution in [0, 0.1) is 0 Å². The Morgan fingerprint density at radius 2 is 2.19 bits per heavy atom. The SMILES string of the molecule is COC(=O)c1ccc(CNCCN(C)C2CCCC2)nc1. The van der Waals surface area contributed by atoms with Crippen LogP contribution in [0.2, 0.25) is 0 Å². The van der Waals surface area contributed by atoms with Gasteiger partial charge >= 0.3 is 5.97 Å². The monoisotopic (exact) mass is 291 g/mol. The fraction of sp³-hybridized carbons (Fsp3) is 0.625. The lowest BCUT2D eigenvalue weighted by molar-refractivity contribution is 0.0600. The summed E-state index contributed by atoms with van der Waals surface area (Å²) >= 11 is 0. The molecule has 0 unspecified atom stereocenters. The van der Waals surface area contributed by atoms with Gasteiger partial charge in [-0.2, -0.15) is 0 Å². The highest BCUT2D eigenvalue weighted by molar-refractivity contribution is 5.88. The summed E-state index contributed by atoms with van der Waals surface area (Å²) in [6.07, 6.45) is 6.99. The lowest BCUT2D eigenvalue weighted by Gasteiger charge is -2.23. The first-order valence-electron chi connectivity index (χ1n) is 7.65. The van der Waals surface area contributed by atoms with Crippen LogP contribution >= 0.6 is 0 Å². The van der Waals surface area contributed by atoms with Crippen molar-refractivity contribution in [3.05, 3.63) is 29.6 Å². The quantitative estimate of drug-likeness (QED) is 0.613. The molecule has 0 amide bonds. The molecule has 116 valence electrons. The molecule has 0 aromatic carbocycles. The number of ether oxygens (including phenoxy) is 1. The minimum absolute atomic E-state index is 0.347. The van der Waals surface area contributed by atoms with Crippen LogP contribution in [-0.4, -0.2) is 49.1 Å². The van der Waals surface area contributed by atoms with E-state index in [1.54, 1.807) is 12.3 Å². The van der Waals surface area contributed by atoms with E-state index < -0.39 is 0 Å². The molecule has 0 spiro atoms. The molecule has 0 aliphatic heterocycles. The number of aromatic nitrogens is 1. The molecule has 0 saturated heterocycles. The number of carbonyl (C=O) groups excluding carboxylic acids is 1. The molecule has 1 N–H and O–H groups in total. The fourth-order valence-corrected chi connectivity index (χ4v) is 2.77. The molecule has 0 atom stereocenters. The summed E-state index contributed by atoms with van der Waals surface area (Å²) in [5, 5.41) is 3.40. The molecular weight excluding hydrogens is 266 g/mol. The second-order valence-corrected chi connectivity index (χ2v) is 5.63. The van der Waals surface area contributed by atoms with Crippen molar-refractivity contribution in [2.24, 2.45) is 0 Å². The zero-order valence-electron chi connectivity index (χ0n) is 13.0. The van der Waals surface area contributed by atoms with Crippen LogP contribution in [0.25, 0.3) is 0 Å². The zero-order chi connectivity index (χ0) is 15.1. The van der Waals surface area contributed by atoms with Crippen molar-refractivity contribution in [3.63, 3.8) is 0 Å². The average Bonchev–Trinajstić information content (AvgIpc) is 3.05. The van der Waals surface area contributed by atoms with Gasteiger partial charge in [-0.15, -0.1) is 0 Å². The molecule has 1 aromatic rings. The Hall–Kier alpha value is -1.46. The third kappa shape index (κ3) is 4.79. The lowest BCUT2D eigenvalue weighted by atomic mass is 10.2. The molecule has 1 saturated carbocycles. The molecule has 1 heterocycles. The molecule has 0 bridgehead atoms. The summed E-state index contributed by atoms with van der Waals surface area (Å²) in [6, 6.07) is 4.38. The van der Waals surface area contributed by atoms with Crippen LogP contribution in [-0.2, 0) is 11.3 Å². The van der Waals surface area contributed by atoms with E-state index in [1.807, 2.05) is 6.07 Å². The summed E-state index contributed by atoms with van der Waals surface area (Å²) in [5.74, 6) is -0.347. The number of rotatable bonds is 7. The highest BCUT2D eigenvalue weighted by atomic mass is 16.5. The maximum Gasteiger partial charge on any atom is 0.339 e. The largest absolute Gasteiger partial charge is 0.465 e. The normalized spacial score (nSPS) is 15.6. The first-order valence-corrected chi connectivity index (χ1v) is 7.65. The number of hydrogen-bond acceptors (Lipinski definition) is 5. The van der Waals surface area contributed by atoms with E-state index in [0.29, 0.717) is 5.56 Å². The summed E-state index contributed by atoms with van der Waals surface area (Å²) in [6.45, 7) is 2.73. The first-order chi connectivity index (χ1) is 10.2. The number of pyridine rings is 1. The minimum Gasteiger partial charge on any atom is -0.465 e. The Bertz CT molecular complexity index is 441. The van der Waals surface area contributed by atoms with E-state index in [-0.39, 0.29) is 5.97 Å². The van der Waals surface area contributed by atoms with Crippen molar-refractivity contribution < 1.29 is 9.53 Å². The predicted molar refractivity (Wildman–Crippen MR) is 82.2 cm³/mol. The average molecular weight is 291 g/mol. The van der Waals surface area contributed by atoms with Gasteiger partial charge in [0.2, 0.25) is 0 Å². The highest BCUT2D eigenvalue weighted by Gasteiger charge is 2.18. The number of nitrogens with zero attached hydrogens (tertiary/aromatic N) is 2. The van der Waals surface area contributed by atoms with E-state index in [2.05, 4.69) is 27.0 Å². The van der Waals surface area contributed by atoms with Gasteiger partial charge in [0, 0.05) is 31.9 Å². The predicted octanol–water partition coefficient (Wildman–Crippen LogP) is 1.83. The fourth-order valence-electron chi connectivity index (χ4n) is 2.77. The second-order valence-electron chi connectivity index (χ2n) is 5.63. The van der Waals surface area contributed by atoms with Gasteiger partial charge in [0.25, 0.3) is 0 Å². The van der Waals surface area contributed by atoms with Crippen molar-refractivity contribution in [3.8, 4) is 0 Å². The van der Waals surface area contributed by atoms with E-state index >= 15 is 0 Å². The first kappa shape index (κ1) is 15.9. The van der Waals surface area contributed by atoms with Crippen LogP contribution in [0.3, 0.4) is 0 Å². The van der Waals surface area contributed by atoms with Gasteiger partial charge in [-0.05, 0) is 32.0 Å². The third-order valence-corrected chi connectivity index (χ3v) is 4.14. The van der Waals surface area contributed by atoms with Crippen molar-refractivity contribution in [1.82, 2.24) is 15.2 Å². The van der Waals surface area contributed by atoms with Crippen molar-refractivity contribution in [2.75, 3.05) is 27.2 Å². The molecular formula is C16H25N3O2. The number of nitrogens with one attached hydrogen (secondary N) is 1. The Morgan fingerprint density at radius 3 is 2.81 bits per heavy atom. The van der Waals surface area contributed by atoms with Crippen molar-refractivity contribution in [2.45, 2.75) is 38.3 Å². The molecule has 1 aliphatic rings. The smallest absolute Gasteiger partial charge is 0.339 e. The second kappa shape index (κ2) is 8.10. The van der Waals surface area contributed by atoms with Gasteiger partial charge in [0.15, 0.2) is 0 Å². The maximum absolute atomic E-state index is 11.3. The Morgan fingerprint density at radius 1 is 1.43 bits per heavy atom. The molecule has 21 heavy (non-hydrogen) atoms. The number of methoxy groups -OCH3 is 1. The van der Waals surface area contributed by atoms with Crippen molar-refractivity contribution >= 4 is 5.97 Å². The van der Waals surface area contributed by atoms with E-state index in [9.17, 15) is 4.79 Å². The van der Waals surface area contributed by atoms with Gasteiger partial charge in [-0.1, -0.05) is 12.8 Å². The van der Waals surface area contributed by atoms with Crippen LogP contribution in [0.15, 0.2) is 18.3 Å². The molecule has 1 aliphatic carbocycles. The standard InChI is InChI=1S/C16H25N3O2/c1-19(15-5-3-4-6-15)10-9-17-12-14-8-7-13(11-18-14)16(20)21-2/h7-8,11,15,17H,3-6,9-10,12H2,1-2H3. The number of carbonyl (C=O) groups is 1. The Balaban J connectivity index is 1.67. The summed E-state index contributed by atoms with van der Waals surface area (Å²) in [5.41, 5.74) is 1.42. The van der Waals surface area contributed by atoms with E-state index in [1.165, 1.54) is 32.8 Å². The summed E-state index contributed by atoms with van der Waals surface area (Å²) in [4.78, 5) is 18.0. The molecule has 2 rings (SSSR count). The molecule has 1 aromatic heterocycles. The number of hydrogen-bond donors (Lipinski definition) is 1.